The van der Waals surface area contributed by atoms with Gasteiger partial charge in [-0.05, 0) is 68.4 Å². The van der Waals surface area contributed by atoms with Crippen LogP contribution in [0.15, 0.2) is 70.8 Å². The Morgan fingerprint density at radius 3 is 2.44 bits per heavy atom. The van der Waals surface area contributed by atoms with Gasteiger partial charge in [0.15, 0.2) is 0 Å². The van der Waals surface area contributed by atoms with Crippen LogP contribution in [0, 0.1) is 0 Å². The van der Waals surface area contributed by atoms with Gasteiger partial charge in [0.1, 0.15) is 23.7 Å². The van der Waals surface area contributed by atoms with Crippen molar-refractivity contribution in [3.63, 3.8) is 0 Å². The first kappa shape index (κ1) is 25.5. The van der Waals surface area contributed by atoms with Gasteiger partial charge in [0, 0.05) is 12.2 Å². The van der Waals surface area contributed by atoms with Crippen molar-refractivity contribution < 1.29 is 4.74 Å². The van der Waals surface area contributed by atoms with Gasteiger partial charge in [0.05, 0.1) is 6.20 Å². The summed E-state index contributed by atoms with van der Waals surface area (Å²) in [6.07, 6.45) is 9.17. The first-order valence-corrected chi connectivity index (χ1v) is 12.3. The summed E-state index contributed by atoms with van der Waals surface area (Å²) in [7, 11) is 0. The van der Waals surface area contributed by atoms with Gasteiger partial charge < -0.3 is 16.2 Å². The van der Waals surface area contributed by atoms with Crippen LogP contribution in [0.3, 0.4) is 0 Å². The average molecular weight is 509 g/mol. The predicted molar refractivity (Wildman–Crippen MR) is 144 cm³/mol. The Bertz CT molecular complexity index is 1190. The smallest absolute Gasteiger partial charge is 0.220 e. The van der Waals surface area contributed by atoms with Gasteiger partial charge in [-0.2, -0.15) is 4.99 Å². The van der Waals surface area contributed by atoms with Gasteiger partial charge in [0.25, 0.3) is 0 Å². The third-order valence-corrected chi connectivity index (χ3v) is 6.61. The van der Waals surface area contributed by atoms with Crippen molar-refractivity contribution in [2.75, 3.05) is 4.90 Å². The fourth-order valence-electron chi connectivity index (χ4n) is 4.95. The Morgan fingerprint density at radius 2 is 1.69 bits per heavy atom. The molecule has 5 rings (SSSR count). The third kappa shape index (κ3) is 5.79. The van der Waals surface area contributed by atoms with Crippen molar-refractivity contribution in [1.82, 2.24) is 15.0 Å². The van der Waals surface area contributed by atoms with Crippen molar-refractivity contribution in [2.45, 2.75) is 63.8 Å². The molecular formula is C26H33ClN8O. The number of halogens is 1. The normalized spacial score (nSPS) is 16.7. The molecule has 0 unspecified atom stereocenters. The number of aromatic nitrogens is 3. The standard InChI is InChI=1S/C26H32N8O.ClH/c27-24-29-25(28)34(26(30-24)15-5-2-6-16-26)22-11-13-23(14-12-22)35-19-21-18-33(32-31-21)17-7-10-20-8-3-1-4-9-20;/h1,3-4,8-9,11-14,18H,2,5-7,10,15-17,19H2,(H4,27,28,29,30);1H. The van der Waals surface area contributed by atoms with E-state index in [2.05, 4.69) is 39.6 Å². The highest BCUT2D eigenvalue weighted by atomic mass is 35.5. The second kappa shape index (κ2) is 11.4. The Labute approximate surface area is 217 Å². The lowest BCUT2D eigenvalue weighted by atomic mass is 9.87. The summed E-state index contributed by atoms with van der Waals surface area (Å²) < 4.78 is 7.83. The van der Waals surface area contributed by atoms with Crippen LogP contribution in [0.25, 0.3) is 0 Å². The largest absolute Gasteiger partial charge is 0.487 e. The van der Waals surface area contributed by atoms with Crippen LogP contribution < -0.4 is 21.1 Å². The van der Waals surface area contributed by atoms with E-state index in [9.17, 15) is 0 Å². The van der Waals surface area contributed by atoms with Gasteiger partial charge in [-0.25, -0.2) is 4.99 Å². The van der Waals surface area contributed by atoms with Crippen LogP contribution in [0.1, 0.15) is 49.8 Å². The van der Waals surface area contributed by atoms with E-state index in [1.54, 1.807) is 0 Å². The molecular weight excluding hydrogens is 476 g/mol. The molecule has 2 heterocycles. The van der Waals surface area contributed by atoms with Crippen LogP contribution in [-0.2, 0) is 19.6 Å². The number of rotatable bonds is 8. The minimum atomic E-state index is -0.449. The minimum absolute atomic E-state index is 0. The average Bonchev–Trinajstić information content (AvgIpc) is 3.32. The molecule has 9 nitrogen and oxygen atoms in total. The van der Waals surface area contributed by atoms with Gasteiger partial charge >= 0.3 is 0 Å². The highest BCUT2D eigenvalue weighted by Crippen LogP contribution is 2.39. The molecule has 0 saturated heterocycles. The first-order valence-electron chi connectivity index (χ1n) is 12.3. The maximum Gasteiger partial charge on any atom is 0.220 e. The lowest BCUT2D eigenvalue weighted by Gasteiger charge is -2.45. The number of guanidine groups is 2. The van der Waals surface area contributed by atoms with E-state index >= 15 is 0 Å². The predicted octanol–water partition coefficient (Wildman–Crippen LogP) is 4.02. The van der Waals surface area contributed by atoms with Crippen LogP contribution >= 0.6 is 12.4 Å². The molecule has 2 aliphatic rings. The minimum Gasteiger partial charge on any atom is -0.487 e. The summed E-state index contributed by atoms with van der Waals surface area (Å²) >= 11 is 0. The summed E-state index contributed by atoms with van der Waals surface area (Å²) in [5.41, 5.74) is 14.9. The molecule has 10 heteroatoms. The number of hydrogen-bond donors (Lipinski definition) is 2. The van der Waals surface area contributed by atoms with Crippen molar-refractivity contribution in [3.8, 4) is 5.75 Å². The molecule has 1 aromatic heterocycles. The van der Waals surface area contributed by atoms with Gasteiger partial charge in [0.2, 0.25) is 11.9 Å². The summed E-state index contributed by atoms with van der Waals surface area (Å²) in [5, 5.41) is 8.47. The van der Waals surface area contributed by atoms with E-state index in [0.717, 1.165) is 62.2 Å². The molecule has 0 radical (unpaired) electrons. The Hall–Kier alpha value is -3.59. The topological polar surface area (TPSA) is 120 Å². The summed E-state index contributed by atoms with van der Waals surface area (Å²) in [5.74, 6) is 1.39. The summed E-state index contributed by atoms with van der Waals surface area (Å²) in [6, 6.07) is 18.3. The summed E-state index contributed by atoms with van der Waals surface area (Å²) in [4.78, 5) is 11.0. The monoisotopic (exact) mass is 508 g/mol. The Kier molecular flexibility index (Phi) is 8.10. The van der Waals surface area contributed by atoms with Crippen molar-refractivity contribution in [2.24, 2.45) is 21.5 Å². The van der Waals surface area contributed by atoms with Crippen LogP contribution in [0.4, 0.5) is 5.69 Å². The number of nitrogens with two attached hydrogens (primary N) is 2. The lowest BCUT2D eigenvalue weighted by Crippen LogP contribution is -2.58. The zero-order valence-electron chi connectivity index (χ0n) is 20.3. The van der Waals surface area contributed by atoms with E-state index in [-0.39, 0.29) is 18.4 Å². The quantitative estimate of drug-likeness (QED) is 0.474. The number of nitrogens with zero attached hydrogens (tertiary/aromatic N) is 6. The maximum atomic E-state index is 6.32. The van der Waals surface area contributed by atoms with E-state index in [4.69, 9.17) is 21.2 Å². The van der Waals surface area contributed by atoms with Crippen LogP contribution in [0.5, 0.6) is 5.75 Å². The number of aryl methyl sites for hydroxylation is 2. The molecule has 0 amide bonds. The molecule has 0 atom stereocenters. The van der Waals surface area contributed by atoms with Crippen LogP contribution in [-0.4, -0.2) is 32.6 Å². The Balaban J connectivity index is 0.00000304. The van der Waals surface area contributed by atoms with Crippen molar-refractivity contribution in [1.29, 1.82) is 0 Å². The highest BCUT2D eigenvalue weighted by molar-refractivity contribution is 6.05. The molecule has 190 valence electrons. The highest BCUT2D eigenvalue weighted by Gasteiger charge is 2.42. The molecule has 1 aliphatic heterocycles. The van der Waals surface area contributed by atoms with Crippen molar-refractivity contribution in [3.05, 3.63) is 72.1 Å². The van der Waals surface area contributed by atoms with E-state index in [1.165, 1.54) is 12.0 Å². The van der Waals surface area contributed by atoms with E-state index in [0.29, 0.717) is 12.6 Å². The van der Waals surface area contributed by atoms with Gasteiger partial charge in [-0.1, -0.05) is 42.0 Å². The van der Waals surface area contributed by atoms with Gasteiger partial charge in [-0.3, -0.25) is 9.58 Å². The fourth-order valence-corrected chi connectivity index (χ4v) is 4.95. The lowest BCUT2D eigenvalue weighted by molar-refractivity contribution is 0.299. The SMILES string of the molecule is Cl.NC1=NC2(CCCCC2)N(c2ccc(OCc3cn(CCCc4ccccc4)nn3)cc2)C(N)=N1. The number of aliphatic imine (C=N–C) groups is 2. The number of benzene rings is 2. The molecule has 2 aromatic carbocycles. The maximum absolute atomic E-state index is 6.32. The van der Waals surface area contributed by atoms with E-state index < -0.39 is 5.66 Å². The fraction of sp³-hybridized carbons (Fsp3) is 0.385. The first-order chi connectivity index (χ1) is 17.1. The molecule has 1 fully saturated rings. The summed E-state index contributed by atoms with van der Waals surface area (Å²) in [6.45, 7) is 1.18. The third-order valence-electron chi connectivity index (χ3n) is 6.61. The molecule has 1 saturated carbocycles. The molecule has 3 aromatic rings. The van der Waals surface area contributed by atoms with E-state index in [1.807, 2.05) is 46.1 Å². The number of hydrogen-bond acceptors (Lipinski definition) is 8. The van der Waals surface area contributed by atoms with Crippen LogP contribution in [0.2, 0.25) is 0 Å². The number of anilines is 1. The number of ether oxygens (including phenoxy) is 1. The Morgan fingerprint density at radius 1 is 0.944 bits per heavy atom. The molecule has 1 aliphatic carbocycles. The second-order valence-corrected chi connectivity index (χ2v) is 9.16. The van der Waals surface area contributed by atoms with Crippen molar-refractivity contribution >= 4 is 30.0 Å². The molecule has 4 N–H and O–H groups in total. The zero-order chi connectivity index (χ0) is 24.1. The second-order valence-electron chi connectivity index (χ2n) is 9.16. The zero-order valence-corrected chi connectivity index (χ0v) is 21.1. The molecule has 36 heavy (non-hydrogen) atoms. The molecule has 0 bridgehead atoms. The van der Waals surface area contributed by atoms with Gasteiger partial charge in [-0.15, -0.1) is 17.5 Å². The molecule has 1 spiro atoms.